The lowest BCUT2D eigenvalue weighted by Crippen LogP contribution is -2.38. The third-order valence-corrected chi connectivity index (χ3v) is 3.09. The van der Waals surface area contributed by atoms with Gasteiger partial charge in [0.05, 0.1) is 5.69 Å². The number of nitrogens with zero attached hydrogens (tertiary/aromatic N) is 3. The van der Waals surface area contributed by atoms with Crippen LogP contribution in [0.2, 0.25) is 0 Å². The van der Waals surface area contributed by atoms with E-state index in [1.165, 1.54) is 0 Å². The maximum Gasteiger partial charge on any atom is 0.410 e. The molecule has 6 nitrogen and oxygen atoms in total. The molecule has 1 rings (SSSR count). The lowest BCUT2D eigenvalue weighted by atomic mass is 10.1. The van der Waals surface area contributed by atoms with Gasteiger partial charge in [0.15, 0.2) is 0 Å². The van der Waals surface area contributed by atoms with Crippen LogP contribution in [-0.2, 0) is 4.74 Å². The number of carbonyl (C=O) groups excluding carboxylic acids is 1. The molecule has 0 aromatic carbocycles. The van der Waals surface area contributed by atoms with Gasteiger partial charge in [-0.25, -0.2) is 4.79 Å². The molecule has 0 bridgehead atoms. The molecule has 0 aliphatic heterocycles. The summed E-state index contributed by atoms with van der Waals surface area (Å²) >= 11 is 0. The maximum atomic E-state index is 11.9. The van der Waals surface area contributed by atoms with Crippen molar-refractivity contribution in [1.82, 2.24) is 20.2 Å². The fourth-order valence-electron chi connectivity index (χ4n) is 1.96. The van der Waals surface area contributed by atoms with Crippen LogP contribution in [0.4, 0.5) is 4.79 Å². The first-order valence-electron chi connectivity index (χ1n) is 7.62. The Balaban J connectivity index is 2.36. The van der Waals surface area contributed by atoms with Gasteiger partial charge in [0.1, 0.15) is 5.60 Å². The summed E-state index contributed by atoms with van der Waals surface area (Å²) in [5.74, 6) is 0.302. The van der Waals surface area contributed by atoms with Crippen LogP contribution < -0.4 is 5.32 Å². The highest BCUT2D eigenvalue weighted by molar-refractivity contribution is 5.67. The summed E-state index contributed by atoms with van der Waals surface area (Å²) in [6, 6.07) is 0.128. The number of hydrogen-bond donors (Lipinski definition) is 1. The molecule has 0 saturated heterocycles. The van der Waals surface area contributed by atoms with Gasteiger partial charge in [-0.1, -0.05) is 6.92 Å². The van der Waals surface area contributed by atoms with Gasteiger partial charge in [0.25, 0.3) is 0 Å². The summed E-state index contributed by atoms with van der Waals surface area (Å²) in [6.45, 7) is 11.2. The van der Waals surface area contributed by atoms with Gasteiger partial charge >= 0.3 is 6.09 Å². The zero-order valence-corrected chi connectivity index (χ0v) is 14.5. The quantitative estimate of drug-likeness (QED) is 0.875. The molecule has 0 aliphatic rings. The lowest BCUT2D eigenvalue weighted by molar-refractivity contribution is 0.0276. The highest BCUT2D eigenvalue weighted by Gasteiger charge is 2.20. The molecule has 1 amide bonds. The van der Waals surface area contributed by atoms with E-state index in [1.807, 2.05) is 27.7 Å². The van der Waals surface area contributed by atoms with Crippen LogP contribution in [0, 0.1) is 5.92 Å². The van der Waals surface area contributed by atoms with E-state index >= 15 is 0 Å². The van der Waals surface area contributed by atoms with E-state index in [-0.39, 0.29) is 12.1 Å². The molecule has 2 unspecified atom stereocenters. The molecule has 1 aromatic rings. The largest absolute Gasteiger partial charge is 0.444 e. The molecule has 1 heterocycles. The number of hydrogen-bond acceptors (Lipinski definition) is 5. The topological polar surface area (TPSA) is 67.4 Å². The van der Waals surface area contributed by atoms with Crippen LogP contribution in [0.5, 0.6) is 0 Å². The first-order chi connectivity index (χ1) is 10.2. The predicted molar refractivity (Wildman–Crippen MR) is 86.5 cm³/mol. The molecule has 0 radical (unpaired) electrons. The Kier molecular flexibility index (Phi) is 6.74. The minimum Gasteiger partial charge on any atom is -0.444 e. The van der Waals surface area contributed by atoms with Gasteiger partial charge in [-0.2, -0.15) is 0 Å². The summed E-state index contributed by atoms with van der Waals surface area (Å²) in [5, 5.41) is 3.41. The van der Waals surface area contributed by atoms with Crippen LogP contribution in [-0.4, -0.2) is 46.7 Å². The van der Waals surface area contributed by atoms with E-state index in [4.69, 9.17) is 4.74 Å². The predicted octanol–water partition coefficient (Wildman–Crippen LogP) is 2.63. The van der Waals surface area contributed by atoms with Gasteiger partial charge in [-0.05, 0) is 33.6 Å². The van der Waals surface area contributed by atoms with E-state index in [2.05, 4.69) is 22.2 Å². The zero-order valence-electron chi connectivity index (χ0n) is 14.5. The Morgan fingerprint density at radius 3 is 2.59 bits per heavy atom. The van der Waals surface area contributed by atoms with Crippen molar-refractivity contribution in [3.63, 3.8) is 0 Å². The molecule has 1 N–H and O–H groups in total. The molecular formula is C16H28N4O2. The van der Waals surface area contributed by atoms with Crippen molar-refractivity contribution in [2.45, 2.75) is 46.3 Å². The van der Waals surface area contributed by atoms with Gasteiger partial charge < -0.3 is 15.0 Å². The number of ether oxygens (including phenoxy) is 1. The van der Waals surface area contributed by atoms with Crippen molar-refractivity contribution in [2.24, 2.45) is 5.92 Å². The minimum atomic E-state index is -0.465. The summed E-state index contributed by atoms with van der Waals surface area (Å²) in [7, 11) is 1.76. The molecular weight excluding hydrogens is 280 g/mol. The van der Waals surface area contributed by atoms with Crippen molar-refractivity contribution in [3.05, 3.63) is 24.3 Å². The van der Waals surface area contributed by atoms with Crippen LogP contribution in [0.15, 0.2) is 18.6 Å². The lowest BCUT2D eigenvalue weighted by Gasteiger charge is -2.27. The summed E-state index contributed by atoms with van der Waals surface area (Å²) in [4.78, 5) is 21.9. The standard InChI is InChI=1S/C16H28N4O2/c1-12(11-20(6)15(21)22-16(3,4)5)9-19-13(2)14-10-17-7-8-18-14/h7-8,10,12-13,19H,9,11H2,1-6H3. The second-order valence-electron chi connectivity index (χ2n) is 6.73. The fourth-order valence-corrected chi connectivity index (χ4v) is 1.96. The van der Waals surface area contributed by atoms with Gasteiger partial charge in [-0.15, -0.1) is 0 Å². The SMILES string of the molecule is CC(CNC(C)c1cnccn1)CN(C)C(=O)OC(C)(C)C. The molecule has 22 heavy (non-hydrogen) atoms. The number of amides is 1. The Hall–Kier alpha value is -1.69. The third kappa shape index (κ3) is 6.85. The zero-order chi connectivity index (χ0) is 16.8. The molecule has 0 fully saturated rings. The van der Waals surface area contributed by atoms with E-state index in [1.54, 1.807) is 30.5 Å². The number of nitrogens with one attached hydrogen (secondary N) is 1. The number of rotatable bonds is 6. The molecule has 0 spiro atoms. The molecule has 0 aliphatic carbocycles. The Morgan fingerprint density at radius 2 is 2.05 bits per heavy atom. The van der Waals surface area contributed by atoms with Crippen molar-refractivity contribution in [3.8, 4) is 0 Å². The fraction of sp³-hybridized carbons (Fsp3) is 0.688. The number of aromatic nitrogens is 2. The average Bonchev–Trinajstić information content (AvgIpc) is 2.43. The van der Waals surface area contributed by atoms with Crippen molar-refractivity contribution in [2.75, 3.05) is 20.1 Å². The number of carbonyl (C=O) groups is 1. The van der Waals surface area contributed by atoms with Crippen molar-refractivity contribution in [1.29, 1.82) is 0 Å². The van der Waals surface area contributed by atoms with Crippen LogP contribution in [0.3, 0.4) is 0 Å². The van der Waals surface area contributed by atoms with Gasteiger partial charge in [0.2, 0.25) is 0 Å². The minimum absolute atomic E-state index is 0.128. The summed E-state index contributed by atoms with van der Waals surface area (Å²) < 4.78 is 5.34. The second kappa shape index (κ2) is 8.08. The third-order valence-electron chi connectivity index (χ3n) is 3.09. The van der Waals surface area contributed by atoms with E-state index < -0.39 is 5.60 Å². The molecule has 0 saturated carbocycles. The van der Waals surface area contributed by atoms with Crippen LogP contribution in [0.1, 0.15) is 46.4 Å². The van der Waals surface area contributed by atoms with E-state index in [0.717, 1.165) is 12.2 Å². The normalized spacial score (nSPS) is 14.3. The van der Waals surface area contributed by atoms with Gasteiger partial charge in [0, 0.05) is 44.8 Å². The van der Waals surface area contributed by atoms with Crippen LogP contribution in [0.25, 0.3) is 0 Å². The van der Waals surface area contributed by atoms with Crippen molar-refractivity contribution < 1.29 is 9.53 Å². The molecule has 2 atom stereocenters. The first-order valence-corrected chi connectivity index (χ1v) is 7.62. The average molecular weight is 308 g/mol. The highest BCUT2D eigenvalue weighted by Crippen LogP contribution is 2.11. The molecule has 6 heteroatoms. The molecule has 124 valence electrons. The van der Waals surface area contributed by atoms with Crippen LogP contribution >= 0.6 is 0 Å². The highest BCUT2D eigenvalue weighted by atomic mass is 16.6. The second-order valence-corrected chi connectivity index (χ2v) is 6.73. The summed E-state index contributed by atoms with van der Waals surface area (Å²) in [6.07, 6.45) is 4.82. The Bertz CT molecular complexity index is 459. The van der Waals surface area contributed by atoms with Crippen molar-refractivity contribution >= 4 is 6.09 Å². The Morgan fingerprint density at radius 1 is 1.36 bits per heavy atom. The van der Waals surface area contributed by atoms with Gasteiger partial charge in [-0.3, -0.25) is 9.97 Å². The summed E-state index contributed by atoms with van der Waals surface area (Å²) in [5.41, 5.74) is 0.447. The monoisotopic (exact) mass is 308 g/mol. The van der Waals surface area contributed by atoms with E-state index in [9.17, 15) is 4.79 Å². The smallest absolute Gasteiger partial charge is 0.410 e. The maximum absolute atomic E-state index is 11.9. The Labute approximate surface area is 133 Å². The van der Waals surface area contributed by atoms with E-state index in [0.29, 0.717) is 12.5 Å². The molecule has 1 aromatic heterocycles. The first kappa shape index (κ1) is 18.4.